The Hall–Kier alpha value is -3.93. The third kappa shape index (κ3) is 5.96. The summed E-state index contributed by atoms with van der Waals surface area (Å²) in [7, 11) is 0. The number of likely N-dealkylation sites (tertiary alicyclic amines) is 1. The molecule has 0 aromatic heterocycles. The van der Waals surface area contributed by atoms with Gasteiger partial charge < -0.3 is 10.2 Å². The van der Waals surface area contributed by atoms with E-state index in [9.17, 15) is 33.4 Å². The van der Waals surface area contributed by atoms with Crippen LogP contribution >= 0.6 is 0 Å². The molecule has 1 heterocycles. The summed E-state index contributed by atoms with van der Waals surface area (Å²) < 4.78 is 42.4. The van der Waals surface area contributed by atoms with Crippen LogP contribution in [0.3, 0.4) is 0 Å². The van der Waals surface area contributed by atoms with Crippen molar-refractivity contribution in [2.75, 3.05) is 6.54 Å². The highest BCUT2D eigenvalue weighted by Gasteiger charge is 2.35. The molecule has 8 heteroatoms. The standard InChI is InChI=1S/C30H27F3N2O3/c31-30(32,33)27-16-23(18-35-14-5-4-11-28(35)29(37)38)24(19-36)15-22(27)13-12-21-9-6-10-25(26(21)17-34)20-7-2-1-3-8-20/h1-3,6-10,12-13,15-16,28,36H,4-5,11,14,18-19H2,(H,37,38)/b13-12+. The number of carboxylic acids is 1. The second-order valence-electron chi connectivity index (χ2n) is 9.27. The van der Waals surface area contributed by atoms with Crippen molar-refractivity contribution in [1.82, 2.24) is 4.90 Å². The van der Waals surface area contributed by atoms with Gasteiger partial charge in [-0.3, -0.25) is 9.69 Å². The molecular formula is C30H27F3N2O3. The zero-order chi connectivity index (χ0) is 27.3. The van der Waals surface area contributed by atoms with Crippen molar-refractivity contribution in [2.45, 2.75) is 44.6 Å². The molecule has 0 aliphatic carbocycles. The lowest BCUT2D eigenvalue weighted by molar-refractivity contribution is -0.145. The molecule has 5 nitrogen and oxygen atoms in total. The van der Waals surface area contributed by atoms with Crippen LogP contribution in [0.2, 0.25) is 0 Å². The fourth-order valence-corrected chi connectivity index (χ4v) is 4.94. The van der Waals surface area contributed by atoms with Gasteiger partial charge in [-0.05, 0) is 59.3 Å². The van der Waals surface area contributed by atoms with Gasteiger partial charge in [-0.25, -0.2) is 0 Å². The topological polar surface area (TPSA) is 84.6 Å². The monoisotopic (exact) mass is 520 g/mol. The number of rotatable bonds is 7. The zero-order valence-corrected chi connectivity index (χ0v) is 20.6. The van der Waals surface area contributed by atoms with Gasteiger partial charge in [0, 0.05) is 12.1 Å². The Balaban J connectivity index is 1.74. The summed E-state index contributed by atoms with van der Waals surface area (Å²) in [5.41, 5.74) is 1.81. The highest BCUT2D eigenvalue weighted by molar-refractivity contribution is 5.81. The molecule has 196 valence electrons. The number of hydrogen-bond donors (Lipinski definition) is 2. The van der Waals surface area contributed by atoms with Gasteiger partial charge in [0.15, 0.2) is 0 Å². The first-order valence-corrected chi connectivity index (χ1v) is 12.3. The van der Waals surface area contributed by atoms with Crippen LogP contribution in [0.25, 0.3) is 23.3 Å². The van der Waals surface area contributed by atoms with Crippen molar-refractivity contribution in [1.29, 1.82) is 5.26 Å². The number of halogens is 3. The molecule has 2 N–H and O–H groups in total. The van der Waals surface area contributed by atoms with Gasteiger partial charge in [-0.15, -0.1) is 0 Å². The Labute approximate surface area is 219 Å². The minimum atomic E-state index is -4.68. The molecule has 1 atom stereocenters. The van der Waals surface area contributed by atoms with Gasteiger partial charge in [0.25, 0.3) is 0 Å². The van der Waals surface area contributed by atoms with Crippen LogP contribution in [0.1, 0.15) is 52.6 Å². The second-order valence-corrected chi connectivity index (χ2v) is 9.27. The summed E-state index contributed by atoms with van der Waals surface area (Å²) in [5.74, 6) is -1.00. The summed E-state index contributed by atoms with van der Waals surface area (Å²) in [6.07, 6.45) is 0.0298. The van der Waals surface area contributed by atoms with Crippen LogP contribution in [-0.4, -0.2) is 33.7 Å². The van der Waals surface area contributed by atoms with Gasteiger partial charge in [-0.2, -0.15) is 18.4 Å². The van der Waals surface area contributed by atoms with Gasteiger partial charge in [0.2, 0.25) is 0 Å². The number of nitrogens with zero attached hydrogens (tertiary/aromatic N) is 2. The molecule has 1 aliphatic rings. The van der Waals surface area contributed by atoms with Crippen molar-refractivity contribution in [3.63, 3.8) is 0 Å². The molecule has 0 saturated carbocycles. The Morgan fingerprint density at radius 3 is 2.42 bits per heavy atom. The highest BCUT2D eigenvalue weighted by Crippen LogP contribution is 2.36. The fraction of sp³-hybridized carbons (Fsp3) is 0.267. The molecule has 0 radical (unpaired) electrons. The minimum absolute atomic E-state index is 0.00235. The van der Waals surface area contributed by atoms with Crippen molar-refractivity contribution in [3.05, 3.63) is 94.0 Å². The Morgan fingerprint density at radius 2 is 1.76 bits per heavy atom. The molecule has 0 amide bonds. The van der Waals surface area contributed by atoms with E-state index < -0.39 is 30.4 Å². The number of aliphatic hydroxyl groups is 1. The maximum Gasteiger partial charge on any atom is 0.416 e. The number of alkyl halides is 3. The molecular weight excluding hydrogens is 493 g/mol. The number of benzene rings is 3. The van der Waals surface area contributed by atoms with E-state index >= 15 is 0 Å². The molecule has 1 aliphatic heterocycles. The predicted molar refractivity (Wildman–Crippen MR) is 139 cm³/mol. The smallest absolute Gasteiger partial charge is 0.416 e. The number of carbonyl (C=O) groups is 1. The Kier molecular flexibility index (Phi) is 8.30. The molecule has 3 aromatic carbocycles. The lowest BCUT2D eigenvalue weighted by atomic mass is 9.93. The molecule has 1 unspecified atom stereocenters. The number of aliphatic carboxylic acids is 1. The van der Waals surface area contributed by atoms with E-state index in [2.05, 4.69) is 6.07 Å². The fourth-order valence-electron chi connectivity index (χ4n) is 4.94. The van der Waals surface area contributed by atoms with E-state index in [1.807, 2.05) is 30.3 Å². The van der Waals surface area contributed by atoms with Gasteiger partial charge in [0.05, 0.1) is 17.7 Å². The van der Waals surface area contributed by atoms with Crippen LogP contribution in [0, 0.1) is 11.3 Å². The number of piperidine rings is 1. The summed E-state index contributed by atoms with van der Waals surface area (Å²) in [6.45, 7) is -0.0377. The third-order valence-corrected chi connectivity index (χ3v) is 6.86. The first-order valence-electron chi connectivity index (χ1n) is 12.3. The van der Waals surface area contributed by atoms with E-state index in [0.29, 0.717) is 35.2 Å². The van der Waals surface area contributed by atoms with Crippen LogP contribution in [-0.2, 0) is 24.1 Å². The van der Waals surface area contributed by atoms with Crippen molar-refractivity contribution >= 4 is 18.1 Å². The van der Waals surface area contributed by atoms with Crippen LogP contribution in [0.4, 0.5) is 13.2 Å². The molecule has 38 heavy (non-hydrogen) atoms. The third-order valence-electron chi connectivity index (χ3n) is 6.86. The Bertz CT molecular complexity index is 1380. The number of aliphatic hydroxyl groups excluding tert-OH is 1. The van der Waals surface area contributed by atoms with Crippen molar-refractivity contribution in [3.8, 4) is 17.2 Å². The molecule has 0 spiro atoms. The average Bonchev–Trinajstić information content (AvgIpc) is 2.91. The van der Waals surface area contributed by atoms with Crippen molar-refractivity contribution < 1.29 is 28.2 Å². The van der Waals surface area contributed by atoms with E-state index in [-0.39, 0.29) is 17.7 Å². The van der Waals surface area contributed by atoms with E-state index in [0.717, 1.165) is 24.5 Å². The lowest BCUT2D eigenvalue weighted by Crippen LogP contribution is -2.44. The van der Waals surface area contributed by atoms with Crippen LogP contribution < -0.4 is 0 Å². The lowest BCUT2D eigenvalue weighted by Gasteiger charge is -2.33. The number of hydrogen-bond acceptors (Lipinski definition) is 4. The maximum absolute atomic E-state index is 14.1. The minimum Gasteiger partial charge on any atom is -0.480 e. The predicted octanol–water partition coefficient (Wildman–Crippen LogP) is 6.35. The molecule has 4 rings (SSSR count). The molecule has 1 saturated heterocycles. The zero-order valence-electron chi connectivity index (χ0n) is 20.6. The highest BCUT2D eigenvalue weighted by atomic mass is 19.4. The second kappa shape index (κ2) is 11.6. The summed E-state index contributed by atoms with van der Waals surface area (Å²) >= 11 is 0. The summed E-state index contributed by atoms with van der Waals surface area (Å²) in [4.78, 5) is 13.3. The molecule has 3 aromatic rings. The van der Waals surface area contributed by atoms with E-state index in [1.54, 1.807) is 23.1 Å². The van der Waals surface area contributed by atoms with Crippen molar-refractivity contribution in [2.24, 2.45) is 0 Å². The SMILES string of the molecule is N#Cc1c(/C=C/c2cc(CO)c(CN3CCCCC3C(=O)O)cc2C(F)(F)F)cccc1-c1ccccc1. The Morgan fingerprint density at radius 1 is 1.03 bits per heavy atom. The van der Waals surface area contributed by atoms with Gasteiger partial charge >= 0.3 is 12.1 Å². The largest absolute Gasteiger partial charge is 0.480 e. The van der Waals surface area contributed by atoms with Gasteiger partial charge in [-0.1, -0.05) is 67.1 Å². The average molecular weight is 521 g/mol. The quantitative estimate of drug-likeness (QED) is 0.355. The summed E-state index contributed by atoms with van der Waals surface area (Å²) in [5, 5.41) is 29.4. The molecule has 0 bridgehead atoms. The van der Waals surface area contributed by atoms with Crippen LogP contribution in [0.15, 0.2) is 60.7 Å². The summed E-state index contributed by atoms with van der Waals surface area (Å²) in [6, 6.07) is 18.1. The number of carboxylic acid groups (broad SMARTS) is 1. The maximum atomic E-state index is 14.1. The normalized spacial score (nSPS) is 16.4. The van der Waals surface area contributed by atoms with Gasteiger partial charge in [0.1, 0.15) is 12.1 Å². The first-order chi connectivity index (χ1) is 18.2. The van der Waals surface area contributed by atoms with E-state index in [1.165, 1.54) is 18.2 Å². The number of nitriles is 1. The van der Waals surface area contributed by atoms with Crippen LogP contribution in [0.5, 0.6) is 0 Å². The first kappa shape index (κ1) is 27.1. The van der Waals surface area contributed by atoms with E-state index in [4.69, 9.17) is 0 Å². The molecule has 1 fully saturated rings.